The molecular formula is C19H20N2OS3. The SMILES string of the molecule is CSCCn1c(=NC(=O)C=Cc2cccs2)sc2cc(C)c(C)cc21. The van der Waals surface area contributed by atoms with Gasteiger partial charge in [-0.05, 0) is 60.9 Å². The Labute approximate surface area is 159 Å². The van der Waals surface area contributed by atoms with E-state index in [1.165, 1.54) is 15.8 Å². The lowest BCUT2D eigenvalue weighted by Gasteiger charge is -2.05. The molecule has 0 atom stereocenters. The summed E-state index contributed by atoms with van der Waals surface area (Å²) in [5.41, 5.74) is 3.69. The van der Waals surface area contributed by atoms with E-state index < -0.39 is 0 Å². The molecule has 0 aliphatic heterocycles. The molecule has 1 amide bonds. The summed E-state index contributed by atoms with van der Waals surface area (Å²) in [6.45, 7) is 5.09. The summed E-state index contributed by atoms with van der Waals surface area (Å²) in [6, 6.07) is 8.35. The standard InChI is InChI=1S/C19H20N2OS3/c1-13-11-16-17(12-14(13)2)25-19(21(16)8-10-23-3)20-18(22)7-6-15-5-4-9-24-15/h4-7,9,11-12H,8,10H2,1-3H3. The van der Waals surface area contributed by atoms with Crippen LogP contribution in [-0.4, -0.2) is 22.5 Å². The van der Waals surface area contributed by atoms with E-state index in [9.17, 15) is 4.79 Å². The van der Waals surface area contributed by atoms with Gasteiger partial charge in [0.1, 0.15) is 0 Å². The zero-order valence-electron chi connectivity index (χ0n) is 14.5. The minimum atomic E-state index is -0.216. The summed E-state index contributed by atoms with van der Waals surface area (Å²) < 4.78 is 3.35. The Bertz CT molecular complexity index is 978. The van der Waals surface area contributed by atoms with Gasteiger partial charge in [0.15, 0.2) is 4.80 Å². The average Bonchev–Trinajstić information content (AvgIpc) is 3.20. The maximum absolute atomic E-state index is 12.3. The van der Waals surface area contributed by atoms with E-state index in [0.29, 0.717) is 0 Å². The van der Waals surface area contributed by atoms with Crippen LogP contribution in [0.15, 0.2) is 40.7 Å². The lowest BCUT2D eigenvalue weighted by molar-refractivity contribution is -0.113. The summed E-state index contributed by atoms with van der Waals surface area (Å²) in [5, 5.41) is 1.99. The van der Waals surface area contributed by atoms with Crippen molar-refractivity contribution in [3.8, 4) is 0 Å². The number of thioether (sulfide) groups is 1. The molecule has 1 aromatic carbocycles. The van der Waals surface area contributed by atoms with Crippen LogP contribution in [-0.2, 0) is 11.3 Å². The molecule has 0 aliphatic carbocycles. The molecule has 0 aliphatic rings. The predicted molar refractivity (Wildman–Crippen MR) is 112 cm³/mol. The topological polar surface area (TPSA) is 34.4 Å². The minimum absolute atomic E-state index is 0.216. The molecular weight excluding hydrogens is 368 g/mol. The van der Waals surface area contributed by atoms with E-state index in [1.807, 2.05) is 23.6 Å². The normalized spacial score (nSPS) is 12.5. The van der Waals surface area contributed by atoms with Gasteiger partial charge in [-0.15, -0.1) is 11.3 Å². The first-order chi connectivity index (χ1) is 12.1. The highest BCUT2D eigenvalue weighted by Gasteiger charge is 2.09. The summed E-state index contributed by atoms with van der Waals surface area (Å²) >= 11 is 4.99. The molecule has 130 valence electrons. The molecule has 0 unspecified atom stereocenters. The third-order valence-corrected chi connectivity index (χ3v) is 6.43. The molecule has 3 rings (SSSR count). The van der Waals surface area contributed by atoms with Gasteiger partial charge in [-0.25, -0.2) is 0 Å². The third-order valence-electron chi connectivity index (χ3n) is 3.96. The van der Waals surface area contributed by atoms with Crippen LogP contribution in [0.25, 0.3) is 16.3 Å². The summed E-state index contributed by atoms with van der Waals surface area (Å²) in [7, 11) is 0. The van der Waals surface area contributed by atoms with E-state index in [-0.39, 0.29) is 5.91 Å². The number of fused-ring (bicyclic) bond motifs is 1. The number of hydrogen-bond acceptors (Lipinski definition) is 4. The highest BCUT2D eigenvalue weighted by atomic mass is 32.2. The van der Waals surface area contributed by atoms with Crippen molar-refractivity contribution in [2.75, 3.05) is 12.0 Å². The average molecular weight is 389 g/mol. The Morgan fingerprint density at radius 3 is 2.84 bits per heavy atom. The summed E-state index contributed by atoms with van der Waals surface area (Å²) in [6.07, 6.45) is 5.46. The maximum Gasteiger partial charge on any atom is 0.272 e. The lowest BCUT2D eigenvalue weighted by atomic mass is 10.1. The van der Waals surface area contributed by atoms with Gasteiger partial charge in [-0.2, -0.15) is 16.8 Å². The van der Waals surface area contributed by atoms with Crippen LogP contribution in [0.5, 0.6) is 0 Å². The van der Waals surface area contributed by atoms with Crippen LogP contribution >= 0.6 is 34.4 Å². The van der Waals surface area contributed by atoms with Crippen molar-refractivity contribution in [2.24, 2.45) is 4.99 Å². The highest BCUT2D eigenvalue weighted by molar-refractivity contribution is 7.98. The number of aromatic nitrogens is 1. The van der Waals surface area contributed by atoms with Crippen molar-refractivity contribution in [3.05, 3.63) is 56.5 Å². The lowest BCUT2D eigenvalue weighted by Crippen LogP contribution is -2.17. The first-order valence-corrected chi connectivity index (χ1v) is 11.1. The number of amides is 1. The van der Waals surface area contributed by atoms with Crippen molar-refractivity contribution in [2.45, 2.75) is 20.4 Å². The van der Waals surface area contributed by atoms with Gasteiger partial charge >= 0.3 is 0 Å². The van der Waals surface area contributed by atoms with Gasteiger partial charge in [0.05, 0.1) is 10.2 Å². The molecule has 0 fully saturated rings. The molecule has 2 aromatic heterocycles. The number of rotatable bonds is 5. The second-order valence-electron chi connectivity index (χ2n) is 5.73. The minimum Gasteiger partial charge on any atom is -0.315 e. The number of carbonyl (C=O) groups is 1. The van der Waals surface area contributed by atoms with E-state index in [4.69, 9.17) is 0 Å². The predicted octanol–water partition coefficient (Wildman–Crippen LogP) is 4.88. The molecule has 6 heteroatoms. The fraction of sp³-hybridized carbons (Fsp3) is 0.263. The van der Waals surface area contributed by atoms with Gasteiger partial charge in [0.25, 0.3) is 5.91 Å². The van der Waals surface area contributed by atoms with Gasteiger partial charge in [-0.1, -0.05) is 17.4 Å². The number of carbonyl (C=O) groups excluding carboxylic acids is 1. The van der Waals surface area contributed by atoms with Gasteiger partial charge in [-0.3, -0.25) is 4.79 Å². The molecule has 25 heavy (non-hydrogen) atoms. The second kappa shape index (κ2) is 8.17. The quantitative estimate of drug-likeness (QED) is 0.584. The molecule has 0 radical (unpaired) electrons. The van der Waals surface area contributed by atoms with Crippen LogP contribution in [0.3, 0.4) is 0 Å². The monoisotopic (exact) mass is 388 g/mol. The van der Waals surface area contributed by atoms with Crippen molar-refractivity contribution in [1.29, 1.82) is 0 Å². The first-order valence-electron chi connectivity index (χ1n) is 7.98. The molecule has 2 heterocycles. The van der Waals surface area contributed by atoms with Crippen molar-refractivity contribution < 1.29 is 4.79 Å². The maximum atomic E-state index is 12.3. The number of hydrogen-bond donors (Lipinski definition) is 0. The van der Waals surface area contributed by atoms with Crippen LogP contribution < -0.4 is 4.80 Å². The fourth-order valence-corrected chi connectivity index (χ4v) is 4.60. The largest absolute Gasteiger partial charge is 0.315 e. The van der Waals surface area contributed by atoms with Crippen LogP contribution in [0.2, 0.25) is 0 Å². The molecule has 3 aromatic rings. The summed E-state index contributed by atoms with van der Waals surface area (Å²) in [4.78, 5) is 18.5. The number of benzene rings is 1. The van der Waals surface area contributed by atoms with Crippen LogP contribution in [0.1, 0.15) is 16.0 Å². The first kappa shape index (κ1) is 18.2. The Balaban J connectivity index is 2.02. The van der Waals surface area contributed by atoms with Gasteiger partial charge in [0.2, 0.25) is 0 Å². The molecule has 3 nitrogen and oxygen atoms in total. The molecule has 0 saturated heterocycles. The smallest absolute Gasteiger partial charge is 0.272 e. The van der Waals surface area contributed by atoms with Crippen molar-refractivity contribution in [3.63, 3.8) is 0 Å². The Kier molecular flexibility index (Phi) is 5.93. The molecule has 0 bridgehead atoms. The van der Waals surface area contributed by atoms with E-state index in [1.54, 1.807) is 40.5 Å². The zero-order valence-corrected chi connectivity index (χ0v) is 16.9. The molecule has 0 spiro atoms. The summed E-state index contributed by atoms with van der Waals surface area (Å²) in [5.74, 6) is 0.775. The fourth-order valence-electron chi connectivity index (χ4n) is 2.48. The van der Waals surface area contributed by atoms with E-state index >= 15 is 0 Å². The van der Waals surface area contributed by atoms with E-state index in [0.717, 1.165) is 27.5 Å². The Morgan fingerprint density at radius 1 is 1.32 bits per heavy atom. The molecule has 0 N–H and O–H groups in total. The van der Waals surface area contributed by atoms with Crippen LogP contribution in [0.4, 0.5) is 0 Å². The highest BCUT2D eigenvalue weighted by Crippen LogP contribution is 2.22. The Morgan fingerprint density at radius 2 is 2.12 bits per heavy atom. The van der Waals surface area contributed by atoms with Crippen molar-refractivity contribution >= 4 is 56.6 Å². The molecule has 0 saturated carbocycles. The number of thiazole rings is 1. The number of nitrogens with zero attached hydrogens (tertiary/aromatic N) is 2. The van der Waals surface area contributed by atoms with Crippen LogP contribution in [0, 0.1) is 13.8 Å². The van der Waals surface area contributed by atoms with Gasteiger partial charge < -0.3 is 4.57 Å². The van der Waals surface area contributed by atoms with Gasteiger partial charge in [0, 0.05) is 23.3 Å². The number of aryl methyl sites for hydroxylation is 3. The zero-order chi connectivity index (χ0) is 17.8. The van der Waals surface area contributed by atoms with Crippen molar-refractivity contribution in [1.82, 2.24) is 4.57 Å². The Hall–Kier alpha value is -1.63. The number of thiophene rings is 1. The van der Waals surface area contributed by atoms with E-state index in [2.05, 4.69) is 41.8 Å². The third kappa shape index (κ3) is 4.32. The second-order valence-corrected chi connectivity index (χ2v) is 8.71.